The third-order valence-electron chi connectivity index (χ3n) is 4.14. The minimum absolute atomic E-state index is 0.220. The number of benzene rings is 2. The van der Waals surface area contributed by atoms with Crippen molar-refractivity contribution in [1.82, 2.24) is 4.90 Å². The number of aliphatic carboxylic acids is 1. The van der Waals surface area contributed by atoms with Crippen LogP contribution in [-0.2, 0) is 14.4 Å². The number of halogens is 2. The van der Waals surface area contributed by atoms with E-state index in [0.717, 1.165) is 17.0 Å². The van der Waals surface area contributed by atoms with E-state index in [1.807, 2.05) is 0 Å². The first-order chi connectivity index (χ1) is 12.8. The number of hydrogen-bond donors (Lipinski definition) is 1. The number of carbonyl (C=O) groups excluding carboxylic acids is 3. The summed E-state index contributed by atoms with van der Waals surface area (Å²) in [5.74, 6) is -4.74. The lowest BCUT2D eigenvalue weighted by Gasteiger charge is -2.25. The Morgan fingerprint density at radius 2 is 1.70 bits per heavy atom. The first kappa shape index (κ1) is 18.6. The molecule has 0 unspecified atom stereocenters. The average Bonchev–Trinajstić information content (AvgIpc) is 2.87. The predicted molar refractivity (Wildman–Crippen MR) is 91.9 cm³/mol. The summed E-state index contributed by atoms with van der Waals surface area (Å²) in [6.07, 6.45) is 0. The van der Waals surface area contributed by atoms with Crippen LogP contribution in [0.3, 0.4) is 0 Å². The number of ketones is 1. The smallest absolute Gasteiger partial charge is 0.295 e. The maximum atomic E-state index is 13.3. The molecule has 0 bridgehead atoms. The van der Waals surface area contributed by atoms with Crippen molar-refractivity contribution in [1.29, 1.82) is 0 Å². The van der Waals surface area contributed by atoms with Gasteiger partial charge in [0.1, 0.15) is 11.6 Å². The van der Waals surface area contributed by atoms with Gasteiger partial charge in [-0.05, 0) is 42.0 Å². The first-order valence-electron chi connectivity index (χ1n) is 7.79. The number of likely N-dealkylation sites (tertiary alicyclic amines) is 1. The van der Waals surface area contributed by atoms with Crippen LogP contribution in [0, 0.1) is 5.82 Å². The second kappa shape index (κ2) is 7.20. The van der Waals surface area contributed by atoms with Crippen LogP contribution in [-0.4, -0.2) is 34.2 Å². The molecule has 1 aliphatic rings. The van der Waals surface area contributed by atoms with E-state index in [0.29, 0.717) is 5.02 Å². The summed E-state index contributed by atoms with van der Waals surface area (Å²) in [5, 5.41) is 22.1. The molecule has 8 heteroatoms. The molecule has 27 heavy (non-hydrogen) atoms. The zero-order valence-corrected chi connectivity index (χ0v) is 14.4. The van der Waals surface area contributed by atoms with Crippen LogP contribution in [0.2, 0.25) is 5.02 Å². The van der Waals surface area contributed by atoms with E-state index < -0.39 is 41.8 Å². The monoisotopic (exact) mass is 388 g/mol. The van der Waals surface area contributed by atoms with Gasteiger partial charge >= 0.3 is 0 Å². The van der Waals surface area contributed by atoms with Gasteiger partial charge in [-0.1, -0.05) is 23.7 Å². The Morgan fingerprint density at radius 3 is 2.26 bits per heavy atom. The highest BCUT2D eigenvalue weighted by Gasteiger charge is 2.46. The molecule has 0 radical (unpaired) electrons. The molecule has 3 rings (SSSR count). The molecule has 1 aliphatic heterocycles. The van der Waals surface area contributed by atoms with Gasteiger partial charge in [0.2, 0.25) is 0 Å². The Morgan fingerprint density at radius 1 is 1.11 bits per heavy atom. The number of amides is 1. The number of carboxylic acids is 1. The zero-order chi connectivity index (χ0) is 19.7. The van der Waals surface area contributed by atoms with E-state index in [1.165, 1.54) is 36.4 Å². The number of aliphatic hydroxyl groups is 1. The van der Waals surface area contributed by atoms with Crippen LogP contribution in [0.15, 0.2) is 54.1 Å². The summed E-state index contributed by atoms with van der Waals surface area (Å²) >= 11 is 5.81. The summed E-state index contributed by atoms with van der Waals surface area (Å²) < 4.78 is 13.3. The van der Waals surface area contributed by atoms with Crippen molar-refractivity contribution in [2.24, 2.45) is 0 Å². The van der Waals surface area contributed by atoms with Crippen LogP contribution in [0.4, 0.5) is 4.39 Å². The van der Waals surface area contributed by atoms with Crippen LogP contribution >= 0.6 is 11.6 Å². The third kappa shape index (κ3) is 3.54. The summed E-state index contributed by atoms with van der Waals surface area (Å²) in [6.45, 7) is -0.857. The van der Waals surface area contributed by atoms with E-state index >= 15 is 0 Å². The number of aliphatic hydroxyl groups excluding tert-OH is 1. The van der Waals surface area contributed by atoms with Gasteiger partial charge < -0.3 is 19.9 Å². The van der Waals surface area contributed by atoms with Crippen molar-refractivity contribution in [3.63, 3.8) is 0 Å². The van der Waals surface area contributed by atoms with E-state index in [-0.39, 0.29) is 16.7 Å². The minimum atomic E-state index is -1.57. The number of carbonyl (C=O) groups is 3. The third-order valence-corrected chi connectivity index (χ3v) is 4.39. The molecule has 2 aromatic rings. The molecule has 6 nitrogen and oxygen atoms in total. The molecule has 2 aromatic carbocycles. The molecule has 0 aromatic heterocycles. The molecule has 1 heterocycles. The molecular formula is C19H12ClFNO5-. The SMILES string of the molecule is O=C([O-])CN1C(=O)C(=O)C(=C(O)c2ccc(Cl)cc2)[C@H]1c1ccc(F)cc1. The Bertz CT molecular complexity index is 953. The van der Waals surface area contributed by atoms with Gasteiger partial charge in [0.05, 0.1) is 24.1 Å². The summed E-state index contributed by atoms with van der Waals surface area (Å²) in [4.78, 5) is 36.7. The second-order valence-corrected chi connectivity index (χ2v) is 6.29. The van der Waals surface area contributed by atoms with Gasteiger partial charge in [-0.2, -0.15) is 0 Å². The van der Waals surface area contributed by atoms with E-state index in [4.69, 9.17) is 11.6 Å². The topological polar surface area (TPSA) is 97.7 Å². The Balaban J connectivity index is 2.19. The highest BCUT2D eigenvalue weighted by atomic mass is 35.5. The van der Waals surface area contributed by atoms with Gasteiger partial charge in [-0.15, -0.1) is 0 Å². The predicted octanol–water partition coefficient (Wildman–Crippen LogP) is 1.65. The van der Waals surface area contributed by atoms with Crippen molar-refractivity contribution in [2.75, 3.05) is 6.54 Å². The van der Waals surface area contributed by atoms with Crippen LogP contribution < -0.4 is 5.11 Å². The lowest BCUT2D eigenvalue weighted by Crippen LogP contribution is -2.40. The summed E-state index contributed by atoms with van der Waals surface area (Å²) in [5.41, 5.74) is 0.195. The second-order valence-electron chi connectivity index (χ2n) is 5.86. The van der Waals surface area contributed by atoms with Gasteiger partial charge in [-0.3, -0.25) is 9.59 Å². The van der Waals surface area contributed by atoms with Gasteiger partial charge in [0.25, 0.3) is 11.7 Å². The van der Waals surface area contributed by atoms with Crippen molar-refractivity contribution in [3.8, 4) is 0 Å². The van der Waals surface area contributed by atoms with Gasteiger partial charge in [0.15, 0.2) is 0 Å². The molecule has 0 spiro atoms. The average molecular weight is 389 g/mol. The number of rotatable bonds is 4. The van der Waals surface area contributed by atoms with E-state index in [2.05, 4.69) is 0 Å². The maximum absolute atomic E-state index is 13.3. The number of Topliss-reactive ketones (excluding diaryl/α,β-unsaturated/α-hetero) is 1. The van der Waals surface area contributed by atoms with Gasteiger partial charge in [0, 0.05) is 10.6 Å². The number of hydrogen-bond acceptors (Lipinski definition) is 5. The van der Waals surface area contributed by atoms with Crippen molar-refractivity contribution in [2.45, 2.75) is 6.04 Å². The summed E-state index contributed by atoms with van der Waals surface area (Å²) in [6, 6.07) is 9.51. The van der Waals surface area contributed by atoms with E-state index in [9.17, 15) is 29.0 Å². The van der Waals surface area contributed by atoms with Crippen LogP contribution in [0.25, 0.3) is 5.76 Å². The number of carboxylic acid groups (broad SMARTS) is 1. The molecule has 1 fully saturated rings. The quantitative estimate of drug-likeness (QED) is 0.488. The molecule has 1 atom stereocenters. The first-order valence-corrected chi connectivity index (χ1v) is 8.17. The zero-order valence-electron chi connectivity index (χ0n) is 13.7. The molecule has 1 amide bonds. The molecule has 0 aliphatic carbocycles. The van der Waals surface area contributed by atoms with Crippen molar-refractivity contribution >= 4 is 35.0 Å². The van der Waals surface area contributed by atoms with Crippen molar-refractivity contribution in [3.05, 3.63) is 76.1 Å². The highest BCUT2D eigenvalue weighted by molar-refractivity contribution is 6.46. The van der Waals surface area contributed by atoms with Crippen molar-refractivity contribution < 1.29 is 29.0 Å². The molecular weight excluding hydrogens is 377 g/mol. The van der Waals surface area contributed by atoms with Crippen LogP contribution in [0.5, 0.6) is 0 Å². The van der Waals surface area contributed by atoms with Crippen LogP contribution in [0.1, 0.15) is 17.2 Å². The molecule has 1 N–H and O–H groups in total. The minimum Gasteiger partial charge on any atom is -0.548 e. The highest BCUT2D eigenvalue weighted by Crippen LogP contribution is 2.39. The maximum Gasteiger partial charge on any atom is 0.295 e. The molecule has 1 saturated heterocycles. The fourth-order valence-electron chi connectivity index (χ4n) is 2.94. The van der Waals surface area contributed by atoms with E-state index in [1.54, 1.807) is 0 Å². The Kier molecular flexibility index (Phi) is 4.96. The fraction of sp³-hybridized carbons (Fsp3) is 0.105. The molecule has 0 saturated carbocycles. The number of nitrogens with zero attached hydrogens (tertiary/aromatic N) is 1. The Labute approximate surface area is 158 Å². The molecule has 138 valence electrons. The standard InChI is InChI=1S/C19H13ClFNO5/c20-12-5-1-11(2-6-12)17(25)15-16(10-3-7-13(21)8-4-10)22(9-14(23)24)19(27)18(15)26/h1-8,16,25H,9H2,(H,23,24)/p-1/t16-/m1/s1. The lowest BCUT2D eigenvalue weighted by atomic mass is 9.95. The largest absolute Gasteiger partial charge is 0.548 e. The van der Waals surface area contributed by atoms with Gasteiger partial charge in [-0.25, -0.2) is 4.39 Å². The lowest BCUT2D eigenvalue weighted by molar-refractivity contribution is -0.306. The fourth-order valence-corrected chi connectivity index (χ4v) is 3.06. The summed E-state index contributed by atoms with van der Waals surface area (Å²) in [7, 11) is 0. The normalized spacial score (nSPS) is 18.7. The Hall–Kier alpha value is -3.19.